The largest absolute Gasteiger partial charge is 0.497 e. The molecule has 0 radical (unpaired) electrons. The average molecular weight is 499 g/mol. The molecule has 3 amide bonds. The molecule has 2 N–H and O–H groups in total. The number of amides is 3. The van der Waals surface area contributed by atoms with Crippen molar-refractivity contribution in [3.63, 3.8) is 0 Å². The molecule has 0 unspecified atom stereocenters. The summed E-state index contributed by atoms with van der Waals surface area (Å²) in [6.07, 6.45) is 0.933. The third kappa shape index (κ3) is 4.87. The summed E-state index contributed by atoms with van der Waals surface area (Å²) in [5.74, 6) is 0.151. The minimum atomic E-state index is -0.653. The third-order valence-corrected chi connectivity index (χ3v) is 7.08. The topological polar surface area (TPSA) is 91.0 Å². The summed E-state index contributed by atoms with van der Waals surface area (Å²) in [6.45, 7) is 0.383. The number of anilines is 2. The Kier molecular flexibility index (Phi) is 6.56. The molecule has 0 bridgehead atoms. The maximum Gasteiger partial charge on any atom is 0.256 e. The van der Waals surface area contributed by atoms with Gasteiger partial charge in [-0.15, -0.1) is 0 Å². The first-order valence-corrected chi connectivity index (χ1v) is 12.3. The van der Waals surface area contributed by atoms with Crippen LogP contribution in [0.1, 0.15) is 33.6 Å². The van der Waals surface area contributed by atoms with E-state index in [4.69, 9.17) is 4.74 Å². The lowest BCUT2D eigenvalue weighted by atomic mass is 9.95. The molecule has 190 valence electrons. The quantitative estimate of drug-likeness (QED) is 0.559. The standard InChI is InChI=1S/C29H30N4O4/c1-32(2)22-9-4-19(5-10-22)27(34)30-21-14-15-33-26(17-21)28(35)31-25-13-8-20(16-24(25)29(33)36)18-6-11-23(37-3)12-7-18/h4-13,16,21,26H,14-15,17H2,1-3H3,(H,30,34)(H,31,35)/t21-,26-/m0/s1. The number of piperidine rings is 1. The molecule has 1 saturated heterocycles. The van der Waals surface area contributed by atoms with Gasteiger partial charge in [-0.05, 0) is 72.5 Å². The molecule has 2 aliphatic rings. The van der Waals surface area contributed by atoms with Gasteiger partial charge < -0.3 is 25.2 Å². The molecule has 0 spiro atoms. The van der Waals surface area contributed by atoms with E-state index in [9.17, 15) is 14.4 Å². The van der Waals surface area contributed by atoms with E-state index in [-0.39, 0.29) is 23.8 Å². The minimum Gasteiger partial charge on any atom is -0.497 e. The van der Waals surface area contributed by atoms with Gasteiger partial charge in [-0.2, -0.15) is 0 Å². The number of nitrogens with one attached hydrogen (secondary N) is 2. The van der Waals surface area contributed by atoms with Crippen molar-refractivity contribution < 1.29 is 19.1 Å². The molecule has 3 aromatic carbocycles. The van der Waals surface area contributed by atoms with Crippen molar-refractivity contribution in [2.24, 2.45) is 0 Å². The Balaban J connectivity index is 1.32. The first kappa shape index (κ1) is 24.4. The van der Waals surface area contributed by atoms with Crippen molar-refractivity contribution in [1.29, 1.82) is 0 Å². The smallest absolute Gasteiger partial charge is 0.256 e. The molecule has 37 heavy (non-hydrogen) atoms. The van der Waals surface area contributed by atoms with Gasteiger partial charge in [0, 0.05) is 37.9 Å². The number of hydrogen-bond donors (Lipinski definition) is 2. The van der Waals surface area contributed by atoms with Gasteiger partial charge in [0.2, 0.25) is 5.91 Å². The number of ether oxygens (including phenoxy) is 1. The number of carbonyl (C=O) groups excluding carboxylic acids is 3. The van der Waals surface area contributed by atoms with Gasteiger partial charge in [0.05, 0.1) is 18.4 Å². The summed E-state index contributed by atoms with van der Waals surface area (Å²) >= 11 is 0. The Morgan fingerprint density at radius 3 is 2.38 bits per heavy atom. The highest BCUT2D eigenvalue weighted by Crippen LogP contribution is 2.32. The summed E-state index contributed by atoms with van der Waals surface area (Å²) in [5, 5.41) is 5.99. The number of fused-ring (bicyclic) bond motifs is 2. The predicted molar refractivity (Wildman–Crippen MR) is 143 cm³/mol. The molecule has 8 heteroatoms. The van der Waals surface area contributed by atoms with Gasteiger partial charge >= 0.3 is 0 Å². The molecule has 0 saturated carbocycles. The van der Waals surface area contributed by atoms with Gasteiger partial charge in [-0.25, -0.2) is 0 Å². The van der Waals surface area contributed by atoms with Gasteiger partial charge in [0.25, 0.3) is 11.8 Å². The van der Waals surface area contributed by atoms with E-state index in [1.54, 1.807) is 30.2 Å². The van der Waals surface area contributed by atoms with E-state index in [2.05, 4.69) is 10.6 Å². The van der Waals surface area contributed by atoms with Gasteiger partial charge in [0.15, 0.2) is 0 Å². The molecule has 2 heterocycles. The minimum absolute atomic E-state index is 0.183. The fourth-order valence-corrected chi connectivity index (χ4v) is 4.93. The second-order valence-corrected chi connectivity index (χ2v) is 9.63. The summed E-state index contributed by atoms with van der Waals surface area (Å²) in [5.41, 5.74) is 4.37. The fourth-order valence-electron chi connectivity index (χ4n) is 4.93. The predicted octanol–water partition coefficient (Wildman–Crippen LogP) is 3.78. The van der Waals surface area contributed by atoms with Crippen LogP contribution < -0.4 is 20.3 Å². The molecule has 2 atom stereocenters. The maximum absolute atomic E-state index is 13.6. The first-order valence-electron chi connectivity index (χ1n) is 12.3. The summed E-state index contributed by atoms with van der Waals surface area (Å²) in [7, 11) is 5.51. The van der Waals surface area contributed by atoms with Gasteiger partial charge in [-0.3, -0.25) is 14.4 Å². The SMILES string of the molecule is COc1ccc(-c2ccc3c(c2)C(=O)N2CC[C@H](NC(=O)c4ccc(N(C)C)cc4)C[C@H]2C(=O)N3)cc1. The third-order valence-electron chi connectivity index (χ3n) is 7.08. The number of rotatable bonds is 5. The summed E-state index contributed by atoms with van der Waals surface area (Å²) in [4.78, 5) is 43.2. The van der Waals surface area contributed by atoms with Crippen molar-refractivity contribution in [3.05, 3.63) is 77.9 Å². The number of carbonyl (C=O) groups is 3. The monoisotopic (exact) mass is 498 g/mol. The van der Waals surface area contributed by atoms with Crippen LogP contribution in [-0.4, -0.2) is 62.5 Å². The van der Waals surface area contributed by atoms with Crippen molar-refractivity contribution in [3.8, 4) is 16.9 Å². The first-order chi connectivity index (χ1) is 17.8. The summed E-state index contributed by atoms with van der Waals surface area (Å²) < 4.78 is 5.23. The van der Waals surface area contributed by atoms with E-state index in [1.807, 2.05) is 67.5 Å². The van der Waals surface area contributed by atoms with Gasteiger partial charge in [0.1, 0.15) is 11.8 Å². The van der Waals surface area contributed by atoms with Crippen LogP contribution in [0.4, 0.5) is 11.4 Å². The van der Waals surface area contributed by atoms with Crippen molar-refractivity contribution >= 4 is 29.1 Å². The van der Waals surface area contributed by atoms with Gasteiger partial charge in [-0.1, -0.05) is 18.2 Å². The van der Waals surface area contributed by atoms with E-state index in [1.165, 1.54) is 0 Å². The lowest BCUT2D eigenvalue weighted by Gasteiger charge is -2.37. The highest BCUT2D eigenvalue weighted by molar-refractivity contribution is 6.10. The highest BCUT2D eigenvalue weighted by Gasteiger charge is 2.40. The van der Waals surface area contributed by atoms with Crippen molar-refractivity contribution in [1.82, 2.24) is 10.2 Å². The lowest BCUT2D eigenvalue weighted by Crippen LogP contribution is -2.55. The van der Waals surface area contributed by atoms with E-state index >= 15 is 0 Å². The molecular weight excluding hydrogens is 468 g/mol. The molecule has 1 fully saturated rings. The highest BCUT2D eigenvalue weighted by atomic mass is 16.5. The Labute approximate surface area is 216 Å². The zero-order valence-electron chi connectivity index (χ0n) is 21.2. The molecule has 8 nitrogen and oxygen atoms in total. The van der Waals surface area contributed by atoms with Crippen LogP contribution in [0.2, 0.25) is 0 Å². The van der Waals surface area contributed by atoms with Crippen LogP contribution in [0.15, 0.2) is 66.7 Å². The Bertz CT molecular complexity index is 1340. The van der Waals surface area contributed by atoms with Crippen LogP contribution in [0, 0.1) is 0 Å². The van der Waals surface area contributed by atoms with Crippen LogP contribution in [0.3, 0.4) is 0 Å². The van der Waals surface area contributed by atoms with Crippen LogP contribution in [0.5, 0.6) is 5.75 Å². The van der Waals surface area contributed by atoms with Crippen molar-refractivity contribution in [2.45, 2.75) is 24.9 Å². The van der Waals surface area contributed by atoms with Crippen LogP contribution in [-0.2, 0) is 4.79 Å². The molecule has 2 aliphatic heterocycles. The zero-order valence-corrected chi connectivity index (χ0v) is 21.2. The molecule has 0 aromatic heterocycles. The van der Waals surface area contributed by atoms with Crippen LogP contribution in [0.25, 0.3) is 11.1 Å². The summed E-state index contributed by atoms with van der Waals surface area (Å²) in [6, 6.07) is 19.6. The Hall–Kier alpha value is -4.33. The number of benzene rings is 3. The lowest BCUT2D eigenvalue weighted by molar-refractivity contribution is -0.121. The van der Waals surface area contributed by atoms with Crippen molar-refractivity contribution in [2.75, 3.05) is 38.0 Å². The molecule has 5 rings (SSSR count). The number of nitrogens with zero attached hydrogens (tertiary/aromatic N) is 2. The van der Waals surface area contributed by atoms with E-state index < -0.39 is 6.04 Å². The number of hydrogen-bond acceptors (Lipinski definition) is 5. The normalized spacial score (nSPS) is 18.7. The second-order valence-electron chi connectivity index (χ2n) is 9.63. The fraction of sp³-hybridized carbons (Fsp3) is 0.276. The maximum atomic E-state index is 13.6. The van der Waals surface area contributed by atoms with Crippen LogP contribution >= 0.6 is 0 Å². The zero-order chi connectivity index (χ0) is 26.1. The molecule has 0 aliphatic carbocycles. The second kappa shape index (κ2) is 9.97. The van der Waals surface area contributed by atoms with E-state index in [0.29, 0.717) is 36.2 Å². The van der Waals surface area contributed by atoms with E-state index in [0.717, 1.165) is 22.6 Å². The molecule has 3 aromatic rings. The number of methoxy groups -OCH3 is 1. The molecular formula is C29H30N4O4. The Morgan fingerprint density at radius 1 is 1.00 bits per heavy atom. The Morgan fingerprint density at radius 2 is 1.70 bits per heavy atom. The average Bonchev–Trinajstić information content (AvgIpc) is 3.02.